The Morgan fingerprint density at radius 2 is 1.80 bits per heavy atom. The maximum Gasteiger partial charge on any atom is 0.260 e. The minimum Gasteiger partial charge on any atom is -0.484 e. The predicted octanol–water partition coefficient (Wildman–Crippen LogP) is 2.52. The molecule has 1 fully saturated rings. The summed E-state index contributed by atoms with van der Waals surface area (Å²) in [5, 5.41) is 9.43. The van der Waals surface area contributed by atoms with E-state index in [9.17, 15) is 9.90 Å². The Kier molecular flexibility index (Phi) is 5.41. The molecule has 1 N–H and O–H groups in total. The van der Waals surface area contributed by atoms with Gasteiger partial charge < -0.3 is 14.7 Å². The van der Waals surface area contributed by atoms with E-state index in [4.69, 9.17) is 4.74 Å². The summed E-state index contributed by atoms with van der Waals surface area (Å²) in [5.74, 6) is 0.726. The van der Waals surface area contributed by atoms with Gasteiger partial charge >= 0.3 is 0 Å². The van der Waals surface area contributed by atoms with E-state index in [-0.39, 0.29) is 12.5 Å². The number of carbonyl (C=O) groups excluding carboxylic acids is 1. The molecule has 1 heterocycles. The number of carbonyl (C=O) groups is 1. The average molecular weight is 277 g/mol. The summed E-state index contributed by atoms with van der Waals surface area (Å²) in [4.78, 5) is 14.0. The van der Waals surface area contributed by atoms with Crippen molar-refractivity contribution in [2.24, 2.45) is 0 Å². The molecule has 1 amide bonds. The number of hydrogen-bond acceptors (Lipinski definition) is 3. The quantitative estimate of drug-likeness (QED) is 0.920. The zero-order valence-electron chi connectivity index (χ0n) is 12.0. The van der Waals surface area contributed by atoms with Crippen LogP contribution in [0.4, 0.5) is 0 Å². The molecule has 20 heavy (non-hydrogen) atoms. The summed E-state index contributed by atoms with van der Waals surface area (Å²) in [6.45, 7) is 3.51. The molecule has 1 aromatic carbocycles. The molecule has 1 aliphatic rings. The van der Waals surface area contributed by atoms with E-state index in [2.05, 4.69) is 0 Å². The van der Waals surface area contributed by atoms with Crippen LogP contribution in [0.15, 0.2) is 24.3 Å². The van der Waals surface area contributed by atoms with Crippen LogP contribution < -0.4 is 4.74 Å². The lowest BCUT2D eigenvalue weighted by molar-refractivity contribution is -0.133. The smallest absolute Gasteiger partial charge is 0.260 e. The van der Waals surface area contributed by atoms with Crippen molar-refractivity contribution < 1.29 is 14.6 Å². The minimum atomic E-state index is -0.484. The normalized spacial score (nSPS) is 17.4. The average Bonchev–Trinajstić information content (AvgIpc) is 2.74. The molecule has 110 valence electrons. The van der Waals surface area contributed by atoms with E-state index in [1.165, 1.54) is 12.8 Å². The van der Waals surface area contributed by atoms with E-state index in [0.717, 1.165) is 31.5 Å². The highest BCUT2D eigenvalue weighted by atomic mass is 16.5. The molecule has 0 spiro atoms. The van der Waals surface area contributed by atoms with Crippen molar-refractivity contribution in [1.29, 1.82) is 0 Å². The van der Waals surface area contributed by atoms with Crippen LogP contribution in [0, 0.1) is 0 Å². The van der Waals surface area contributed by atoms with Crippen LogP contribution in [-0.2, 0) is 4.79 Å². The summed E-state index contributed by atoms with van der Waals surface area (Å²) in [7, 11) is 0. The molecule has 4 heteroatoms. The number of aliphatic hydroxyl groups excluding tert-OH is 1. The lowest BCUT2D eigenvalue weighted by Gasteiger charge is -2.20. The van der Waals surface area contributed by atoms with Crippen LogP contribution in [-0.4, -0.2) is 35.6 Å². The van der Waals surface area contributed by atoms with Gasteiger partial charge in [-0.1, -0.05) is 25.0 Å². The van der Waals surface area contributed by atoms with Gasteiger partial charge in [-0.3, -0.25) is 4.79 Å². The first kappa shape index (κ1) is 14.9. The lowest BCUT2D eigenvalue weighted by atomic mass is 10.1. The second-order valence-electron chi connectivity index (χ2n) is 5.33. The molecule has 0 aliphatic carbocycles. The number of benzene rings is 1. The molecule has 0 aromatic heterocycles. The van der Waals surface area contributed by atoms with Gasteiger partial charge in [0.25, 0.3) is 5.91 Å². The summed E-state index contributed by atoms with van der Waals surface area (Å²) in [5.41, 5.74) is 0.844. The maximum absolute atomic E-state index is 12.1. The molecule has 2 rings (SSSR count). The highest BCUT2D eigenvalue weighted by Crippen LogP contribution is 2.17. The van der Waals surface area contributed by atoms with Crippen molar-refractivity contribution in [1.82, 2.24) is 4.90 Å². The zero-order valence-corrected chi connectivity index (χ0v) is 12.0. The number of hydrogen-bond donors (Lipinski definition) is 1. The molecule has 1 atom stereocenters. The molecule has 1 aromatic rings. The number of likely N-dealkylation sites (tertiary alicyclic amines) is 1. The second-order valence-corrected chi connectivity index (χ2v) is 5.33. The maximum atomic E-state index is 12.1. The zero-order chi connectivity index (χ0) is 14.4. The topological polar surface area (TPSA) is 49.8 Å². The Bertz CT molecular complexity index is 420. The molecular weight excluding hydrogens is 254 g/mol. The fourth-order valence-corrected chi connectivity index (χ4v) is 2.40. The molecular formula is C16H23NO3. The van der Waals surface area contributed by atoms with Crippen LogP contribution in [0.5, 0.6) is 5.75 Å². The lowest BCUT2D eigenvalue weighted by Crippen LogP contribution is -2.35. The first-order valence-corrected chi connectivity index (χ1v) is 7.35. The summed E-state index contributed by atoms with van der Waals surface area (Å²) >= 11 is 0. The largest absolute Gasteiger partial charge is 0.484 e. The Hall–Kier alpha value is -1.55. The Labute approximate surface area is 120 Å². The number of amides is 1. The molecule has 4 nitrogen and oxygen atoms in total. The standard InChI is InChI=1S/C16H23NO3/c1-13(18)14-6-8-15(9-7-14)20-12-16(19)17-10-4-2-3-5-11-17/h6-9,13,18H,2-5,10-12H2,1H3/t13-/m0/s1. The molecule has 0 unspecified atom stereocenters. The molecule has 0 bridgehead atoms. The van der Waals surface area contributed by atoms with Gasteiger partial charge in [0.15, 0.2) is 6.61 Å². The van der Waals surface area contributed by atoms with Crippen molar-refractivity contribution in [2.75, 3.05) is 19.7 Å². The van der Waals surface area contributed by atoms with Gasteiger partial charge in [-0.05, 0) is 37.5 Å². The molecule has 0 radical (unpaired) electrons. The summed E-state index contributed by atoms with van der Waals surface area (Å²) in [6.07, 6.45) is 4.13. The van der Waals surface area contributed by atoms with Crippen molar-refractivity contribution in [3.05, 3.63) is 29.8 Å². The van der Waals surface area contributed by atoms with Crippen LogP contribution in [0.2, 0.25) is 0 Å². The Morgan fingerprint density at radius 3 is 2.35 bits per heavy atom. The summed E-state index contributed by atoms with van der Waals surface area (Å²) in [6, 6.07) is 7.21. The van der Waals surface area contributed by atoms with Gasteiger partial charge in [0.05, 0.1) is 6.10 Å². The van der Waals surface area contributed by atoms with Crippen LogP contribution in [0.1, 0.15) is 44.3 Å². The van der Waals surface area contributed by atoms with Gasteiger partial charge in [0.1, 0.15) is 5.75 Å². The minimum absolute atomic E-state index is 0.0616. The SMILES string of the molecule is C[C@H](O)c1ccc(OCC(=O)N2CCCCCC2)cc1. The van der Waals surface area contributed by atoms with Crippen molar-refractivity contribution in [3.8, 4) is 5.75 Å². The number of aliphatic hydroxyl groups is 1. The second kappa shape index (κ2) is 7.29. The van der Waals surface area contributed by atoms with Gasteiger partial charge in [0, 0.05) is 13.1 Å². The predicted molar refractivity (Wildman–Crippen MR) is 77.6 cm³/mol. The fourth-order valence-electron chi connectivity index (χ4n) is 2.40. The third kappa shape index (κ3) is 4.23. The first-order valence-electron chi connectivity index (χ1n) is 7.35. The number of rotatable bonds is 4. The van der Waals surface area contributed by atoms with Crippen molar-refractivity contribution in [3.63, 3.8) is 0 Å². The van der Waals surface area contributed by atoms with E-state index >= 15 is 0 Å². The molecule has 1 aliphatic heterocycles. The molecule has 0 saturated carbocycles. The van der Waals surface area contributed by atoms with E-state index in [0.29, 0.717) is 5.75 Å². The monoisotopic (exact) mass is 277 g/mol. The first-order chi connectivity index (χ1) is 9.66. The van der Waals surface area contributed by atoms with Gasteiger partial charge in [-0.2, -0.15) is 0 Å². The summed E-state index contributed by atoms with van der Waals surface area (Å²) < 4.78 is 5.52. The number of ether oxygens (including phenoxy) is 1. The third-order valence-electron chi connectivity index (χ3n) is 3.68. The van der Waals surface area contributed by atoms with Crippen molar-refractivity contribution >= 4 is 5.91 Å². The van der Waals surface area contributed by atoms with Crippen molar-refractivity contribution in [2.45, 2.75) is 38.7 Å². The molecule has 1 saturated heterocycles. The van der Waals surface area contributed by atoms with Crippen LogP contribution in [0.3, 0.4) is 0 Å². The van der Waals surface area contributed by atoms with Crippen LogP contribution in [0.25, 0.3) is 0 Å². The van der Waals surface area contributed by atoms with E-state index < -0.39 is 6.10 Å². The number of nitrogens with zero attached hydrogens (tertiary/aromatic N) is 1. The van der Waals surface area contributed by atoms with E-state index in [1.54, 1.807) is 19.1 Å². The van der Waals surface area contributed by atoms with Gasteiger partial charge in [-0.25, -0.2) is 0 Å². The Morgan fingerprint density at radius 1 is 1.20 bits per heavy atom. The highest BCUT2D eigenvalue weighted by Gasteiger charge is 2.15. The van der Waals surface area contributed by atoms with Crippen LogP contribution >= 0.6 is 0 Å². The fraction of sp³-hybridized carbons (Fsp3) is 0.562. The Balaban J connectivity index is 1.83. The third-order valence-corrected chi connectivity index (χ3v) is 3.68. The van der Waals surface area contributed by atoms with Gasteiger partial charge in [0.2, 0.25) is 0 Å². The highest BCUT2D eigenvalue weighted by molar-refractivity contribution is 5.77. The van der Waals surface area contributed by atoms with Gasteiger partial charge in [-0.15, -0.1) is 0 Å². The van der Waals surface area contributed by atoms with E-state index in [1.807, 2.05) is 17.0 Å².